The zero-order valence-electron chi connectivity index (χ0n) is 8.17. The number of carbonyl (C=O) groups excluding carboxylic acids is 1. The maximum absolute atomic E-state index is 10.9. The molecule has 1 aliphatic carbocycles. The third-order valence-corrected chi connectivity index (χ3v) is 3.03. The highest BCUT2D eigenvalue weighted by Gasteiger charge is 2.21. The van der Waals surface area contributed by atoms with Crippen LogP contribution in [0.3, 0.4) is 0 Å². The molecular weight excluding hydrogens is 164 g/mol. The Balaban J connectivity index is 2.31. The van der Waals surface area contributed by atoms with E-state index in [2.05, 4.69) is 0 Å². The van der Waals surface area contributed by atoms with Gasteiger partial charge >= 0.3 is 0 Å². The first-order valence-electron chi connectivity index (χ1n) is 5.23. The van der Waals surface area contributed by atoms with Gasteiger partial charge in [-0.1, -0.05) is 32.1 Å². The first-order valence-corrected chi connectivity index (χ1v) is 5.23. The van der Waals surface area contributed by atoms with Crippen molar-refractivity contribution in [1.82, 2.24) is 0 Å². The Morgan fingerprint density at radius 3 is 2.38 bits per heavy atom. The van der Waals surface area contributed by atoms with Gasteiger partial charge in [0.1, 0.15) is 0 Å². The van der Waals surface area contributed by atoms with Crippen LogP contribution in [0.2, 0.25) is 0 Å². The molecule has 3 nitrogen and oxygen atoms in total. The van der Waals surface area contributed by atoms with Crippen molar-refractivity contribution in [2.75, 3.05) is 6.54 Å². The molecular formula is C10H20N2O. The van der Waals surface area contributed by atoms with E-state index in [0.29, 0.717) is 12.5 Å². The average Bonchev–Trinajstić information content (AvgIpc) is 2.15. The van der Waals surface area contributed by atoms with E-state index >= 15 is 0 Å². The van der Waals surface area contributed by atoms with Crippen LogP contribution in [0.4, 0.5) is 0 Å². The summed E-state index contributed by atoms with van der Waals surface area (Å²) in [6.07, 6.45) is 7.38. The normalized spacial score (nSPS) is 21.3. The van der Waals surface area contributed by atoms with Crippen LogP contribution in [-0.4, -0.2) is 12.5 Å². The number of hydrogen-bond donors (Lipinski definition) is 2. The summed E-state index contributed by atoms with van der Waals surface area (Å²) < 4.78 is 0. The van der Waals surface area contributed by atoms with Crippen LogP contribution in [0.1, 0.15) is 38.5 Å². The number of primary amides is 1. The number of hydrogen-bond acceptors (Lipinski definition) is 2. The van der Waals surface area contributed by atoms with Gasteiger partial charge in [0.2, 0.25) is 5.91 Å². The number of rotatable bonds is 4. The maximum Gasteiger partial charge on any atom is 0.221 e. The van der Waals surface area contributed by atoms with Gasteiger partial charge < -0.3 is 11.5 Å². The van der Waals surface area contributed by atoms with E-state index in [1.807, 2.05) is 0 Å². The van der Waals surface area contributed by atoms with Crippen LogP contribution in [0.5, 0.6) is 0 Å². The highest BCUT2D eigenvalue weighted by Crippen LogP contribution is 2.28. The van der Waals surface area contributed by atoms with E-state index in [9.17, 15) is 4.79 Å². The molecule has 3 heteroatoms. The molecule has 0 aromatic rings. The van der Waals surface area contributed by atoms with Crippen molar-refractivity contribution in [1.29, 1.82) is 0 Å². The molecule has 0 heterocycles. The van der Waals surface area contributed by atoms with Crippen LogP contribution in [0.25, 0.3) is 0 Å². The van der Waals surface area contributed by atoms with E-state index in [0.717, 1.165) is 6.42 Å². The van der Waals surface area contributed by atoms with Crippen LogP contribution >= 0.6 is 0 Å². The summed E-state index contributed by atoms with van der Waals surface area (Å²) in [5, 5.41) is 0. The van der Waals surface area contributed by atoms with Gasteiger partial charge in [0.15, 0.2) is 0 Å². The van der Waals surface area contributed by atoms with Crippen molar-refractivity contribution >= 4 is 5.91 Å². The third kappa shape index (κ3) is 3.35. The van der Waals surface area contributed by atoms with Crippen molar-refractivity contribution in [2.24, 2.45) is 23.3 Å². The zero-order valence-corrected chi connectivity index (χ0v) is 8.17. The second kappa shape index (κ2) is 5.22. The van der Waals surface area contributed by atoms with Crippen LogP contribution in [0.15, 0.2) is 0 Å². The predicted molar refractivity (Wildman–Crippen MR) is 52.9 cm³/mol. The fourth-order valence-electron chi connectivity index (χ4n) is 2.15. The van der Waals surface area contributed by atoms with E-state index in [1.165, 1.54) is 32.1 Å². The van der Waals surface area contributed by atoms with Crippen molar-refractivity contribution in [3.05, 3.63) is 0 Å². The van der Waals surface area contributed by atoms with Gasteiger partial charge in [-0.05, 0) is 12.3 Å². The highest BCUT2D eigenvalue weighted by molar-refractivity contribution is 5.76. The summed E-state index contributed by atoms with van der Waals surface area (Å²) in [4.78, 5) is 10.9. The summed E-state index contributed by atoms with van der Waals surface area (Å²) >= 11 is 0. The smallest absolute Gasteiger partial charge is 0.221 e. The van der Waals surface area contributed by atoms with Crippen LogP contribution in [0, 0.1) is 11.8 Å². The molecule has 1 aliphatic rings. The molecule has 4 N–H and O–H groups in total. The summed E-state index contributed by atoms with van der Waals surface area (Å²) in [5.74, 6) is 0.367. The number of amides is 1. The lowest BCUT2D eigenvalue weighted by atomic mass is 9.82. The molecule has 0 saturated heterocycles. The Morgan fingerprint density at radius 2 is 1.92 bits per heavy atom. The van der Waals surface area contributed by atoms with E-state index < -0.39 is 0 Å². The van der Waals surface area contributed by atoms with E-state index in [1.54, 1.807) is 0 Å². The van der Waals surface area contributed by atoms with Gasteiger partial charge in [0.05, 0.1) is 5.92 Å². The minimum Gasteiger partial charge on any atom is -0.369 e. The second-order valence-electron chi connectivity index (χ2n) is 4.07. The van der Waals surface area contributed by atoms with E-state index in [4.69, 9.17) is 11.5 Å². The lowest BCUT2D eigenvalue weighted by Gasteiger charge is -2.24. The van der Waals surface area contributed by atoms with Crippen molar-refractivity contribution in [2.45, 2.75) is 38.5 Å². The Bertz CT molecular complexity index is 164. The molecule has 0 spiro atoms. The Labute approximate surface area is 79.9 Å². The molecule has 0 bridgehead atoms. The molecule has 0 aromatic heterocycles. The van der Waals surface area contributed by atoms with Gasteiger partial charge in [-0.3, -0.25) is 4.79 Å². The molecule has 1 unspecified atom stereocenters. The quantitative estimate of drug-likeness (QED) is 0.684. The van der Waals surface area contributed by atoms with Crippen LogP contribution in [-0.2, 0) is 4.79 Å². The molecule has 0 aromatic carbocycles. The largest absolute Gasteiger partial charge is 0.369 e. The number of nitrogens with two attached hydrogens (primary N) is 2. The molecule has 1 rings (SSSR count). The molecule has 76 valence electrons. The second-order valence-corrected chi connectivity index (χ2v) is 4.07. The van der Waals surface area contributed by atoms with Crippen molar-refractivity contribution in [3.8, 4) is 0 Å². The highest BCUT2D eigenvalue weighted by atomic mass is 16.1. The first-order chi connectivity index (χ1) is 6.24. The average molecular weight is 184 g/mol. The minimum absolute atomic E-state index is 0.0944. The van der Waals surface area contributed by atoms with Gasteiger partial charge in [-0.25, -0.2) is 0 Å². The predicted octanol–water partition coefficient (Wildman–Crippen LogP) is 1.02. The zero-order chi connectivity index (χ0) is 9.68. The molecule has 1 amide bonds. The third-order valence-electron chi connectivity index (χ3n) is 3.03. The minimum atomic E-state index is -0.229. The molecule has 0 aliphatic heterocycles. The Kier molecular flexibility index (Phi) is 4.22. The van der Waals surface area contributed by atoms with Gasteiger partial charge in [-0.2, -0.15) is 0 Å². The standard InChI is InChI=1S/C10H20N2O/c11-7-9(10(12)13)6-8-4-2-1-3-5-8/h8-9H,1-7,11H2,(H2,12,13). The molecule has 1 saturated carbocycles. The van der Waals surface area contributed by atoms with Gasteiger partial charge in [0, 0.05) is 6.54 Å². The van der Waals surface area contributed by atoms with Gasteiger partial charge in [-0.15, -0.1) is 0 Å². The van der Waals surface area contributed by atoms with Crippen LogP contribution < -0.4 is 11.5 Å². The summed E-state index contributed by atoms with van der Waals surface area (Å²) in [6.45, 7) is 0.409. The molecule has 1 atom stereocenters. The van der Waals surface area contributed by atoms with E-state index in [-0.39, 0.29) is 11.8 Å². The Hall–Kier alpha value is -0.570. The fraction of sp³-hybridized carbons (Fsp3) is 0.900. The molecule has 13 heavy (non-hydrogen) atoms. The first kappa shape index (κ1) is 10.5. The molecule has 1 fully saturated rings. The molecule has 0 radical (unpaired) electrons. The monoisotopic (exact) mass is 184 g/mol. The summed E-state index contributed by atoms with van der Waals surface area (Å²) in [6, 6.07) is 0. The SMILES string of the molecule is NCC(CC1CCCCC1)C(N)=O. The van der Waals surface area contributed by atoms with Crippen molar-refractivity contribution < 1.29 is 4.79 Å². The Morgan fingerprint density at radius 1 is 1.31 bits per heavy atom. The summed E-state index contributed by atoms with van der Waals surface area (Å²) in [7, 11) is 0. The number of carbonyl (C=O) groups is 1. The topological polar surface area (TPSA) is 69.1 Å². The lowest BCUT2D eigenvalue weighted by molar-refractivity contribution is -0.122. The fourth-order valence-corrected chi connectivity index (χ4v) is 2.15. The lowest BCUT2D eigenvalue weighted by Crippen LogP contribution is -2.32. The summed E-state index contributed by atoms with van der Waals surface area (Å²) in [5.41, 5.74) is 10.7. The maximum atomic E-state index is 10.9. The van der Waals surface area contributed by atoms with Crippen molar-refractivity contribution in [3.63, 3.8) is 0 Å². The van der Waals surface area contributed by atoms with Gasteiger partial charge in [0.25, 0.3) is 0 Å².